The highest BCUT2D eigenvalue weighted by Crippen LogP contribution is 2.38. The van der Waals surface area contributed by atoms with Crippen LogP contribution in [0.3, 0.4) is 0 Å². The Balaban J connectivity index is 1.85. The first-order valence-corrected chi connectivity index (χ1v) is 8.80. The Hall–Kier alpha value is -1.31. The summed E-state index contributed by atoms with van der Waals surface area (Å²) in [5.41, 5.74) is 2.58. The first-order valence-electron chi connectivity index (χ1n) is 8.80. The minimum absolute atomic E-state index is 0.210. The van der Waals surface area contributed by atoms with Crippen LogP contribution in [-0.2, 0) is 11.2 Å². The molecule has 3 atom stereocenters. The van der Waals surface area contributed by atoms with E-state index in [4.69, 9.17) is 0 Å². The molecule has 0 bridgehead atoms. The number of nitrogens with one attached hydrogen (secondary N) is 1. The van der Waals surface area contributed by atoms with E-state index in [-0.39, 0.29) is 11.8 Å². The third kappa shape index (κ3) is 4.59. The quantitative estimate of drug-likeness (QED) is 0.860. The maximum atomic E-state index is 12.6. The molecule has 0 spiro atoms. The molecule has 2 rings (SSSR count). The minimum Gasteiger partial charge on any atom is -0.356 e. The normalized spacial score (nSPS) is 25.2. The predicted octanol–water partition coefficient (Wildman–Crippen LogP) is 4.36. The summed E-state index contributed by atoms with van der Waals surface area (Å²) in [6.07, 6.45) is 4.45. The van der Waals surface area contributed by atoms with E-state index < -0.39 is 0 Å². The number of hydrogen-bond donors (Lipinski definition) is 1. The third-order valence-electron chi connectivity index (χ3n) is 5.19. The Labute approximate surface area is 135 Å². The fourth-order valence-corrected chi connectivity index (χ4v) is 3.72. The van der Waals surface area contributed by atoms with E-state index in [9.17, 15) is 4.79 Å². The lowest BCUT2D eigenvalue weighted by atomic mass is 9.70. The standard InChI is InChI=1S/C20H31NO/c1-14(2)18-10-7-16(4)13-19(18)20(22)21-12-11-17-8-5-15(3)6-9-17/h5-6,8-9,14,16,18-19H,7,10-13H2,1-4H3,(H,21,22)/t16?,18-,19+/m0/s1. The Morgan fingerprint density at radius 1 is 1.23 bits per heavy atom. The molecule has 1 unspecified atom stereocenters. The predicted molar refractivity (Wildman–Crippen MR) is 92.7 cm³/mol. The molecule has 122 valence electrons. The van der Waals surface area contributed by atoms with E-state index in [1.165, 1.54) is 24.0 Å². The van der Waals surface area contributed by atoms with Crippen LogP contribution in [0.25, 0.3) is 0 Å². The zero-order chi connectivity index (χ0) is 16.1. The lowest BCUT2D eigenvalue weighted by Crippen LogP contribution is -2.40. The highest BCUT2D eigenvalue weighted by Gasteiger charge is 2.35. The van der Waals surface area contributed by atoms with E-state index in [2.05, 4.69) is 57.3 Å². The van der Waals surface area contributed by atoms with E-state index >= 15 is 0 Å². The number of hydrogen-bond acceptors (Lipinski definition) is 1. The molecule has 1 aromatic rings. The highest BCUT2D eigenvalue weighted by atomic mass is 16.1. The minimum atomic E-state index is 0.210. The second kappa shape index (κ2) is 7.80. The van der Waals surface area contributed by atoms with Gasteiger partial charge in [0.25, 0.3) is 0 Å². The van der Waals surface area contributed by atoms with Crippen molar-refractivity contribution in [3.05, 3.63) is 35.4 Å². The second-order valence-corrected chi connectivity index (χ2v) is 7.46. The molecule has 0 heterocycles. The molecule has 1 aromatic carbocycles. The van der Waals surface area contributed by atoms with Gasteiger partial charge in [0.1, 0.15) is 0 Å². The molecule has 2 heteroatoms. The van der Waals surface area contributed by atoms with E-state index in [0.717, 1.165) is 19.4 Å². The van der Waals surface area contributed by atoms with Crippen molar-refractivity contribution in [1.82, 2.24) is 5.32 Å². The lowest BCUT2D eigenvalue weighted by molar-refractivity contribution is -0.129. The van der Waals surface area contributed by atoms with E-state index in [1.54, 1.807) is 0 Å². The molecule has 2 nitrogen and oxygen atoms in total. The first kappa shape index (κ1) is 17.1. The topological polar surface area (TPSA) is 29.1 Å². The molecular formula is C20H31NO. The summed E-state index contributed by atoms with van der Waals surface area (Å²) < 4.78 is 0. The maximum absolute atomic E-state index is 12.6. The van der Waals surface area contributed by atoms with E-state index in [0.29, 0.717) is 17.8 Å². The molecule has 1 amide bonds. The lowest BCUT2D eigenvalue weighted by Gasteiger charge is -2.36. The van der Waals surface area contributed by atoms with Gasteiger partial charge in [-0.15, -0.1) is 0 Å². The number of amides is 1. The summed E-state index contributed by atoms with van der Waals surface area (Å²) in [5, 5.41) is 3.18. The average molecular weight is 301 g/mol. The average Bonchev–Trinajstić information content (AvgIpc) is 2.48. The van der Waals surface area contributed by atoms with Crippen molar-refractivity contribution < 1.29 is 4.79 Å². The van der Waals surface area contributed by atoms with Gasteiger partial charge >= 0.3 is 0 Å². The van der Waals surface area contributed by atoms with Crippen LogP contribution in [0.1, 0.15) is 51.2 Å². The molecule has 22 heavy (non-hydrogen) atoms. The van der Waals surface area contributed by atoms with Gasteiger partial charge in [-0.1, -0.05) is 57.0 Å². The number of carbonyl (C=O) groups is 1. The number of carbonyl (C=O) groups excluding carboxylic acids is 1. The van der Waals surface area contributed by atoms with Gasteiger partial charge in [0.2, 0.25) is 5.91 Å². The molecule has 0 aromatic heterocycles. The zero-order valence-corrected chi connectivity index (χ0v) is 14.6. The molecule has 1 fully saturated rings. The molecule has 1 aliphatic carbocycles. The van der Waals surface area contributed by atoms with Crippen LogP contribution in [0.4, 0.5) is 0 Å². The van der Waals surface area contributed by atoms with Gasteiger partial charge in [0.15, 0.2) is 0 Å². The molecule has 1 aliphatic rings. The van der Waals surface area contributed by atoms with Crippen LogP contribution in [0.15, 0.2) is 24.3 Å². The molecule has 1 N–H and O–H groups in total. The van der Waals surface area contributed by atoms with Crippen molar-refractivity contribution in [1.29, 1.82) is 0 Å². The number of aryl methyl sites for hydroxylation is 1. The van der Waals surface area contributed by atoms with Crippen LogP contribution in [0.5, 0.6) is 0 Å². The Bertz CT molecular complexity index is 477. The van der Waals surface area contributed by atoms with Crippen LogP contribution in [-0.4, -0.2) is 12.5 Å². The fourth-order valence-electron chi connectivity index (χ4n) is 3.72. The van der Waals surface area contributed by atoms with Gasteiger partial charge < -0.3 is 5.32 Å². The molecule has 0 radical (unpaired) electrons. The molecule has 1 saturated carbocycles. The fraction of sp³-hybridized carbons (Fsp3) is 0.650. The van der Waals surface area contributed by atoms with Gasteiger partial charge in [-0.05, 0) is 49.5 Å². The number of rotatable bonds is 5. The Morgan fingerprint density at radius 2 is 1.91 bits per heavy atom. The van der Waals surface area contributed by atoms with Gasteiger partial charge in [-0.25, -0.2) is 0 Å². The van der Waals surface area contributed by atoms with Crippen LogP contribution < -0.4 is 5.32 Å². The van der Waals surface area contributed by atoms with Gasteiger partial charge in [0, 0.05) is 12.5 Å². The van der Waals surface area contributed by atoms with Crippen molar-refractivity contribution in [2.75, 3.05) is 6.54 Å². The monoisotopic (exact) mass is 301 g/mol. The zero-order valence-electron chi connectivity index (χ0n) is 14.6. The Morgan fingerprint density at radius 3 is 2.55 bits per heavy atom. The van der Waals surface area contributed by atoms with Gasteiger partial charge in [-0.3, -0.25) is 4.79 Å². The molecular weight excluding hydrogens is 270 g/mol. The summed E-state index contributed by atoms with van der Waals surface area (Å²) in [6.45, 7) is 9.64. The summed E-state index contributed by atoms with van der Waals surface area (Å²) in [5.74, 6) is 2.32. The van der Waals surface area contributed by atoms with Crippen molar-refractivity contribution in [3.63, 3.8) is 0 Å². The third-order valence-corrected chi connectivity index (χ3v) is 5.19. The van der Waals surface area contributed by atoms with Crippen molar-refractivity contribution in [2.24, 2.45) is 23.7 Å². The molecule has 0 aliphatic heterocycles. The van der Waals surface area contributed by atoms with Gasteiger partial charge in [0.05, 0.1) is 0 Å². The SMILES string of the molecule is Cc1ccc(CCNC(=O)[C@@H]2CC(C)CC[C@H]2C(C)C)cc1. The largest absolute Gasteiger partial charge is 0.356 e. The summed E-state index contributed by atoms with van der Waals surface area (Å²) >= 11 is 0. The summed E-state index contributed by atoms with van der Waals surface area (Å²) in [4.78, 5) is 12.6. The van der Waals surface area contributed by atoms with Crippen LogP contribution >= 0.6 is 0 Å². The van der Waals surface area contributed by atoms with Crippen molar-refractivity contribution in [2.45, 2.75) is 53.4 Å². The number of benzene rings is 1. The van der Waals surface area contributed by atoms with Crippen LogP contribution in [0.2, 0.25) is 0 Å². The van der Waals surface area contributed by atoms with Gasteiger partial charge in [-0.2, -0.15) is 0 Å². The van der Waals surface area contributed by atoms with Crippen molar-refractivity contribution in [3.8, 4) is 0 Å². The van der Waals surface area contributed by atoms with E-state index in [1.807, 2.05) is 0 Å². The summed E-state index contributed by atoms with van der Waals surface area (Å²) in [7, 11) is 0. The van der Waals surface area contributed by atoms with Crippen molar-refractivity contribution >= 4 is 5.91 Å². The smallest absolute Gasteiger partial charge is 0.223 e. The summed E-state index contributed by atoms with van der Waals surface area (Å²) in [6, 6.07) is 8.58. The molecule has 0 saturated heterocycles. The Kier molecular flexibility index (Phi) is 6.05. The second-order valence-electron chi connectivity index (χ2n) is 7.46. The maximum Gasteiger partial charge on any atom is 0.223 e. The highest BCUT2D eigenvalue weighted by molar-refractivity contribution is 5.79. The first-order chi connectivity index (χ1) is 10.5. The van der Waals surface area contributed by atoms with Crippen LogP contribution in [0, 0.1) is 30.6 Å².